The molecule has 0 radical (unpaired) electrons. The topological polar surface area (TPSA) is 53.3 Å². The summed E-state index contributed by atoms with van der Waals surface area (Å²) in [5, 5.41) is 10.1. The maximum atomic E-state index is 12.6. The number of benzene rings is 3. The molecule has 0 spiro atoms. The van der Waals surface area contributed by atoms with Gasteiger partial charge in [0.15, 0.2) is 5.54 Å². The summed E-state index contributed by atoms with van der Waals surface area (Å²) in [6.45, 7) is 0.918. The van der Waals surface area contributed by atoms with Gasteiger partial charge in [-0.15, -0.1) is 0 Å². The van der Waals surface area contributed by atoms with Crippen LogP contribution in [0.15, 0.2) is 84.9 Å². The molecule has 1 fully saturated rings. The minimum atomic E-state index is -0.940. The zero-order chi connectivity index (χ0) is 20.1. The molecule has 1 saturated heterocycles. The number of carbonyl (C=O) groups is 1. The van der Waals surface area contributed by atoms with E-state index >= 15 is 0 Å². The van der Waals surface area contributed by atoms with Crippen LogP contribution in [0.2, 0.25) is 0 Å². The second-order valence-corrected chi connectivity index (χ2v) is 7.24. The molecular formula is C25H22N2O2. The molecule has 29 heavy (non-hydrogen) atoms. The number of hydrogen-bond donors (Lipinski definition) is 0. The predicted molar refractivity (Wildman–Crippen MR) is 111 cm³/mol. The quantitative estimate of drug-likeness (QED) is 0.615. The van der Waals surface area contributed by atoms with Crippen molar-refractivity contribution < 1.29 is 9.53 Å². The molecule has 1 amide bonds. The molecule has 1 aliphatic heterocycles. The molecule has 0 N–H and O–H groups in total. The molecule has 1 atom stereocenters. The first-order valence-corrected chi connectivity index (χ1v) is 9.74. The molecule has 1 unspecified atom stereocenters. The Morgan fingerprint density at radius 3 is 2.14 bits per heavy atom. The van der Waals surface area contributed by atoms with Crippen LogP contribution in [0, 0.1) is 11.3 Å². The second kappa shape index (κ2) is 8.20. The number of amides is 1. The van der Waals surface area contributed by atoms with Gasteiger partial charge < -0.3 is 9.64 Å². The fraction of sp³-hybridized carbons (Fsp3) is 0.200. The highest BCUT2D eigenvalue weighted by Gasteiger charge is 2.47. The Hall–Kier alpha value is -3.58. The standard InChI is InChI=1S/C25H22N2O2/c26-19-25(16-15-24(28)27(25)17-20-7-3-1-4-8-20)22-11-13-23(14-12-22)29-18-21-9-5-2-6-10-21/h1-14H,15-18H2. The van der Waals surface area contributed by atoms with Crippen LogP contribution < -0.4 is 4.74 Å². The van der Waals surface area contributed by atoms with E-state index in [1.807, 2.05) is 84.9 Å². The van der Waals surface area contributed by atoms with E-state index in [2.05, 4.69) is 6.07 Å². The third-order valence-corrected chi connectivity index (χ3v) is 5.41. The Kier molecular flexibility index (Phi) is 5.31. The van der Waals surface area contributed by atoms with Crippen molar-refractivity contribution in [3.05, 3.63) is 102 Å². The van der Waals surface area contributed by atoms with Crippen LogP contribution >= 0.6 is 0 Å². The van der Waals surface area contributed by atoms with Crippen LogP contribution in [0.3, 0.4) is 0 Å². The lowest BCUT2D eigenvalue weighted by molar-refractivity contribution is -0.131. The lowest BCUT2D eigenvalue weighted by Crippen LogP contribution is -2.41. The summed E-state index contributed by atoms with van der Waals surface area (Å²) in [6, 6.07) is 29.8. The van der Waals surface area contributed by atoms with Gasteiger partial charge in [-0.05, 0) is 35.2 Å². The van der Waals surface area contributed by atoms with Gasteiger partial charge in [0.1, 0.15) is 12.4 Å². The van der Waals surface area contributed by atoms with Gasteiger partial charge >= 0.3 is 0 Å². The number of likely N-dealkylation sites (tertiary alicyclic amines) is 1. The Morgan fingerprint density at radius 2 is 1.52 bits per heavy atom. The molecule has 4 heteroatoms. The Balaban J connectivity index is 1.54. The SMILES string of the molecule is N#CC1(c2ccc(OCc3ccccc3)cc2)CCC(=O)N1Cc1ccccc1. The zero-order valence-electron chi connectivity index (χ0n) is 16.1. The van der Waals surface area contributed by atoms with Gasteiger partial charge in [0, 0.05) is 13.0 Å². The summed E-state index contributed by atoms with van der Waals surface area (Å²) < 4.78 is 5.86. The molecule has 0 aromatic heterocycles. The molecule has 4 nitrogen and oxygen atoms in total. The van der Waals surface area contributed by atoms with E-state index in [0.717, 1.165) is 22.4 Å². The maximum Gasteiger partial charge on any atom is 0.224 e. The first kappa shape index (κ1) is 18.8. The molecule has 3 aromatic carbocycles. The molecule has 0 saturated carbocycles. The predicted octanol–water partition coefficient (Wildman–Crippen LogP) is 4.81. The highest BCUT2D eigenvalue weighted by atomic mass is 16.5. The van der Waals surface area contributed by atoms with Crippen molar-refractivity contribution >= 4 is 5.91 Å². The van der Waals surface area contributed by atoms with E-state index in [1.54, 1.807) is 4.90 Å². The van der Waals surface area contributed by atoms with E-state index in [9.17, 15) is 10.1 Å². The smallest absolute Gasteiger partial charge is 0.224 e. The number of carbonyl (C=O) groups excluding carboxylic acids is 1. The van der Waals surface area contributed by atoms with Crippen molar-refractivity contribution in [1.29, 1.82) is 5.26 Å². The van der Waals surface area contributed by atoms with Crippen molar-refractivity contribution in [2.75, 3.05) is 0 Å². The molecule has 0 aliphatic carbocycles. The number of ether oxygens (including phenoxy) is 1. The molecule has 0 bridgehead atoms. The number of hydrogen-bond acceptors (Lipinski definition) is 3. The van der Waals surface area contributed by atoms with Gasteiger partial charge in [0.2, 0.25) is 5.91 Å². The number of rotatable bonds is 6. The lowest BCUT2D eigenvalue weighted by atomic mass is 9.88. The second-order valence-electron chi connectivity index (χ2n) is 7.24. The summed E-state index contributed by atoms with van der Waals surface area (Å²) in [5.74, 6) is 0.754. The molecule has 144 valence electrons. The minimum Gasteiger partial charge on any atom is -0.489 e. The molecule has 4 rings (SSSR count). The molecular weight excluding hydrogens is 360 g/mol. The molecule has 1 heterocycles. The van der Waals surface area contributed by atoms with E-state index in [-0.39, 0.29) is 5.91 Å². The first-order valence-electron chi connectivity index (χ1n) is 9.74. The van der Waals surface area contributed by atoms with E-state index in [0.29, 0.717) is 26.0 Å². The Labute approximate surface area is 171 Å². The van der Waals surface area contributed by atoms with Crippen LogP contribution in [-0.2, 0) is 23.5 Å². The minimum absolute atomic E-state index is 0.0137. The normalized spacial score (nSPS) is 18.4. The van der Waals surface area contributed by atoms with Crippen molar-refractivity contribution in [1.82, 2.24) is 4.90 Å². The van der Waals surface area contributed by atoms with E-state index in [1.165, 1.54) is 0 Å². The van der Waals surface area contributed by atoms with Gasteiger partial charge in [-0.2, -0.15) is 5.26 Å². The Morgan fingerprint density at radius 1 is 0.897 bits per heavy atom. The first-order chi connectivity index (χ1) is 14.2. The van der Waals surface area contributed by atoms with Crippen molar-refractivity contribution in [2.45, 2.75) is 31.5 Å². The van der Waals surface area contributed by atoms with Crippen LogP contribution in [0.5, 0.6) is 5.75 Å². The summed E-state index contributed by atoms with van der Waals surface area (Å²) in [4.78, 5) is 14.3. The summed E-state index contributed by atoms with van der Waals surface area (Å²) in [7, 11) is 0. The number of nitriles is 1. The third kappa shape index (κ3) is 3.86. The average Bonchev–Trinajstić information content (AvgIpc) is 3.10. The molecule has 1 aliphatic rings. The monoisotopic (exact) mass is 382 g/mol. The van der Waals surface area contributed by atoms with Gasteiger partial charge in [-0.25, -0.2) is 0 Å². The van der Waals surface area contributed by atoms with Crippen molar-refractivity contribution in [2.24, 2.45) is 0 Å². The highest BCUT2D eigenvalue weighted by molar-refractivity contribution is 5.81. The number of nitrogens with zero attached hydrogens (tertiary/aromatic N) is 2. The largest absolute Gasteiger partial charge is 0.489 e. The summed E-state index contributed by atoms with van der Waals surface area (Å²) in [5.41, 5.74) is 2.00. The highest BCUT2D eigenvalue weighted by Crippen LogP contribution is 2.40. The lowest BCUT2D eigenvalue weighted by Gasteiger charge is -2.33. The Bertz CT molecular complexity index is 1010. The fourth-order valence-electron chi connectivity index (χ4n) is 3.81. The fourth-order valence-corrected chi connectivity index (χ4v) is 3.81. The van der Waals surface area contributed by atoms with Crippen LogP contribution in [-0.4, -0.2) is 10.8 Å². The van der Waals surface area contributed by atoms with Gasteiger partial charge in [-0.3, -0.25) is 4.79 Å². The van der Waals surface area contributed by atoms with Gasteiger partial charge in [0.25, 0.3) is 0 Å². The van der Waals surface area contributed by atoms with Crippen LogP contribution in [0.4, 0.5) is 0 Å². The van der Waals surface area contributed by atoms with Gasteiger partial charge in [-0.1, -0.05) is 72.8 Å². The van der Waals surface area contributed by atoms with Crippen molar-refractivity contribution in [3.63, 3.8) is 0 Å². The van der Waals surface area contributed by atoms with Crippen molar-refractivity contribution in [3.8, 4) is 11.8 Å². The summed E-state index contributed by atoms with van der Waals surface area (Å²) in [6.07, 6.45) is 0.881. The third-order valence-electron chi connectivity index (χ3n) is 5.41. The summed E-state index contributed by atoms with van der Waals surface area (Å²) >= 11 is 0. The maximum absolute atomic E-state index is 12.6. The van der Waals surface area contributed by atoms with Crippen LogP contribution in [0.25, 0.3) is 0 Å². The zero-order valence-corrected chi connectivity index (χ0v) is 16.1. The van der Waals surface area contributed by atoms with Crippen LogP contribution in [0.1, 0.15) is 29.5 Å². The van der Waals surface area contributed by atoms with Gasteiger partial charge in [0.05, 0.1) is 6.07 Å². The average molecular weight is 382 g/mol. The molecule has 3 aromatic rings. The van der Waals surface area contributed by atoms with E-state index < -0.39 is 5.54 Å². The van der Waals surface area contributed by atoms with E-state index in [4.69, 9.17) is 4.74 Å².